The lowest BCUT2D eigenvalue weighted by molar-refractivity contribution is 0.223. The van der Waals surface area contributed by atoms with Gasteiger partial charge in [0, 0.05) is 12.6 Å². The number of allylic oxidation sites excluding steroid dienone is 4. The number of aliphatic imine (C=N–C) groups is 1. The lowest BCUT2D eigenvalue weighted by Gasteiger charge is -2.12. The molecule has 0 heterocycles. The van der Waals surface area contributed by atoms with Crippen molar-refractivity contribution in [3.63, 3.8) is 0 Å². The molecule has 1 rings (SSSR count). The van der Waals surface area contributed by atoms with Crippen molar-refractivity contribution in [1.82, 2.24) is 0 Å². The van der Waals surface area contributed by atoms with Crippen molar-refractivity contribution in [3.8, 4) is 0 Å². The number of hydrogen-bond donors (Lipinski definition) is 1. The molecule has 0 bridgehead atoms. The Morgan fingerprint density at radius 2 is 2.12 bits per heavy atom. The number of unbranched alkanes of at least 4 members (excludes halogenated alkanes) is 1. The topological polar surface area (TPSA) is 47.6 Å². The number of rotatable bonds is 11. The second-order valence-corrected chi connectivity index (χ2v) is 5.71. The van der Waals surface area contributed by atoms with Gasteiger partial charge in [-0.2, -0.15) is 0 Å². The van der Waals surface area contributed by atoms with Crippen LogP contribution < -0.4 is 5.73 Å². The molecule has 0 radical (unpaired) electrons. The van der Waals surface area contributed by atoms with Crippen LogP contribution in [-0.2, 0) is 11.2 Å². The largest absolute Gasteiger partial charge is 0.498 e. The fourth-order valence-electron chi connectivity index (χ4n) is 2.53. The van der Waals surface area contributed by atoms with Crippen LogP contribution in [0.4, 0.5) is 5.69 Å². The number of nitrogens with zero attached hydrogens (tertiary/aromatic N) is 1. The summed E-state index contributed by atoms with van der Waals surface area (Å²) in [5, 5.41) is 0. The van der Waals surface area contributed by atoms with Gasteiger partial charge < -0.3 is 10.5 Å². The fraction of sp³-hybridized carbons (Fsp3) is 0.476. The highest BCUT2D eigenvalue weighted by Crippen LogP contribution is 2.19. The van der Waals surface area contributed by atoms with E-state index in [2.05, 4.69) is 36.2 Å². The average Bonchev–Trinajstić information content (AvgIpc) is 2.59. The van der Waals surface area contributed by atoms with E-state index in [-0.39, 0.29) is 0 Å². The molecular formula is C21H32N2O. The van der Waals surface area contributed by atoms with Crippen molar-refractivity contribution in [1.29, 1.82) is 0 Å². The molecule has 0 fully saturated rings. The Kier molecular flexibility index (Phi) is 10.5. The quantitative estimate of drug-likeness (QED) is 0.339. The Bertz CT molecular complexity index is 559. The van der Waals surface area contributed by atoms with E-state index in [0.29, 0.717) is 13.2 Å². The third-order valence-electron chi connectivity index (χ3n) is 3.70. The van der Waals surface area contributed by atoms with Crippen molar-refractivity contribution in [2.24, 2.45) is 10.7 Å². The zero-order valence-electron chi connectivity index (χ0n) is 15.4. The van der Waals surface area contributed by atoms with Gasteiger partial charge in [0.15, 0.2) is 0 Å². The Labute approximate surface area is 147 Å². The van der Waals surface area contributed by atoms with Gasteiger partial charge in [0.05, 0.1) is 12.3 Å². The van der Waals surface area contributed by atoms with E-state index in [4.69, 9.17) is 10.5 Å². The Balaban J connectivity index is 2.85. The zero-order chi connectivity index (χ0) is 17.6. The molecule has 0 aromatic heterocycles. The highest BCUT2D eigenvalue weighted by molar-refractivity contribution is 5.66. The normalized spacial score (nSPS) is 12.8. The number of nitrogens with two attached hydrogens (primary N) is 1. The van der Waals surface area contributed by atoms with Crippen LogP contribution >= 0.6 is 0 Å². The molecule has 0 saturated carbocycles. The van der Waals surface area contributed by atoms with Crippen LogP contribution in [0.15, 0.2) is 52.7 Å². The molecular weight excluding hydrogens is 296 g/mol. The van der Waals surface area contributed by atoms with Crippen molar-refractivity contribution in [2.75, 3.05) is 13.2 Å². The molecule has 0 atom stereocenters. The Morgan fingerprint density at radius 1 is 1.29 bits per heavy atom. The molecule has 1 aromatic rings. The van der Waals surface area contributed by atoms with Crippen molar-refractivity contribution in [2.45, 2.75) is 52.9 Å². The van der Waals surface area contributed by atoms with Crippen LogP contribution in [0, 0.1) is 0 Å². The van der Waals surface area contributed by atoms with Gasteiger partial charge in [-0.15, -0.1) is 0 Å². The molecule has 0 unspecified atom stereocenters. The number of benzene rings is 1. The second-order valence-electron chi connectivity index (χ2n) is 5.71. The summed E-state index contributed by atoms with van der Waals surface area (Å²) in [5.41, 5.74) is 9.10. The van der Waals surface area contributed by atoms with Crippen molar-refractivity contribution < 1.29 is 4.74 Å². The van der Waals surface area contributed by atoms with Gasteiger partial charge in [0.1, 0.15) is 5.76 Å². The first kappa shape index (κ1) is 20.2. The van der Waals surface area contributed by atoms with E-state index in [1.54, 1.807) is 0 Å². The average molecular weight is 329 g/mol. The third kappa shape index (κ3) is 7.60. The van der Waals surface area contributed by atoms with Gasteiger partial charge in [-0.1, -0.05) is 37.6 Å². The summed E-state index contributed by atoms with van der Waals surface area (Å²) in [6.45, 7) is 7.63. The van der Waals surface area contributed by atoms with Crippen LogP contribution in [0.2, 0.25) is 0 Å². The predicted molar refractivity (Wildman–Crippen MR) is 105 cm³/mol. The van der Waals surface area contributed by atoms with Crippen LogP contribution in [0.25, 0.3) is 0 Å². The maximum atomic E-state index is 5.87. The van der Waals surface area contributed by atoms with Gasteiger partial charge in [-0.05, 0) is 62.9 Å². The van der Waals surface area contributed by atoms with Gasteiger partial charge in [0.25, 0.3) is 0 Å². The van der Waals surface area contributed by atoms with Gasteiger partial charge in [-0.3, -0.25) is 4.99 Å². The molecule has 0 spiro atoms. The van der Waals surface area contributed by atoms with Gasteiger partial charge >= 0.3 is 0 Å². The van der Waals surface area contributed by atoms with Crippen LogP contribution in [0.5, 0.6) is 0 Å². The van der Waals surface area contributed by atoms with Crippen molar-refractivity contribution >= 4 is 11.9 Å². The molecule has 132 valence electrons. The van der Waals surface area contributed by atoms with E-state index in [0.717, 1.165) is 30.7 Å². The molecule has 0 amide bonds. The summed E-state index contributed by atoms with van der Waals surface area (Å²) in [7, 11) is 0. The molecule has 2 N–H and O–H groups in total. The van der Waals surface area contributed by atoms with E-state index < -0.39 is 0 Å². The van der Waals surface area contributed by atoms with Crippen LogP contribution in [0.1, 0.15) is 52.0 Å². The standard InChI is InChI=1S/C21H32N2O/c1-4-7-11-19(9-5-2)21(24-6-3)14-16-23-20-12-8-10-18(17-20)13-15-22/h5,8-10,12,16-17H,4,6-7,11,13-15,22H2,1-3H3/b9-5-,21-19-,23-16?. The maximum absolute atomic E-state index is 5.87. The molecule has 3 nitrogen and oxygen atoms in total. The lowest BCUT2D eigenvalue weighted by atomic mass is 10.1. The first-order valence-electron chi connectivity index (χ1n) is 9.04. The van der Waals surface area contributed by atoms with E-state index >= 15 is 0 Å². The summed E-state index contributed by atoms with van der Waals surface area (Å²) in [5.74, 6) is 1.03. The summed E-state index contributed by atoms with van der Waals surface area (Å²) in [4.78, 5) is 4.59. The highest BCUT2D eigenvalue weighted by Gasteiger charge is 2.04. The third-order valence-corrected chi connectivity index (χ3v) is 3.70. The summed E-state index contributed by atoms with van der Waals surface area (Å²) < 4.78 is 5.87. The van der Waals surface area contributed by atoms with Gasteiger partial charge in [0.2, 0.25) is 0 Å². The molecule has 0 aliphatic heterocycles. The summed E-state index contributed by atoms with van der Waals surface area (Å²) in [6.07, 6.45) is 11.2. The first-order valence-corrected chi connectivity index (χ1v) is 9.04. The fourth-order valence-corrected chi connectivity index (χ4v) is 2.53. The van der Waals surface area contributed by atoms with Gasteiger partial charge in [-0.25, -0.2) is 0 Å². The maximum Gasteiger partial charge on any atom is 0.104 e. The SMILES string of the molecule is C/C=C\C(CCCC)=C(/CC=Nc1cccc(CCN)c1)OCC. The minimum Gasteiger partial charge on any atom is -0.498 e. The Hall–Kier alpha value is -1.87. The smallest absolute Gasteiger partial charge is 0.104 e. The second kappa shape index (κ2) is 12.5. The molecule has 0 aliphatic rings. The van der Waals surface area contributed by atoms with E-state index in [1.165, 1.54) is 24.0 Å². The lowest BCUT2D eigenvalue weighted by Crippen LogP contribution is -2.02. The Morgan fingerprint density at radius 3 is 2.79 bits per heavy atom. The molecule has 0 aliphatic carbocycles. The molecule has 3 heteroatoms. The van der Waals surface area contributed by atoms with Crippen molar-refractivity contribution in [3.05, 3.63) is 53.3 Å². The van der Waals surface area contributed by atoms with E-state index in [1.807, 2.05) is 32.2 Å². The first-order chi connectivity index (χ1) is 11.7. The number of hydrogen-bond acceptors (Lipinski definition) is 3. The minimum absolute atomic E-state index is 0.661. The monoisotopic (exact) mass is 328 g/mol. The summed E-state index contributed by atoms with van der Waals surface area (Å²) in [6, 6.07) is 8.23. The molecule has 24 heavy (non-hydrogen) atoms. The van der Waals surface area contributed by atoms with Crippen LogP contribution in [-0.4, -0.2) is 19.4 Å². The minimum atomic E-state index is 0.661. The molecule has 1 aromatic carbocycles. The van der Waals surface area contributed by atoms with Crippen LogP contribution in [0.3, 0.4) is 0 Å². The predicted octanol–water partition coefficient (Wildman–Crippen LogP) is 5.34. The summed E-state index contributed by atoms with van der Waals surface area (Å²) >= 11 is 0. The molecule has 0 saturated heterocycles. The number of ether oxygens (including phenoxy) is 1. The van der Waals surface area contributed by atoms with E-state index in [9.17, 15) is 0 Å². The highest BCUT2D eigenvalue weighted by atomic mass is 16.5. The zero-order valence-corrected chi connectivity index (χ0v) is 15.4.